The zero-order valence-corrected chi connectivity index (χ0v) is 6.43. The van der Waals surface area contributed by atoms with E-state index in [4.69, 9.17) is 10.2 Å². The third-order valence-corrected chi connectivity index (χ3v) is 1.01. The first-order valence-electron chi connectivity index (χ1n) is 3.41. The van der Waals surface area contributed by atoms with Crippen molar-refractivity contribution in [2.75, 3.05) is 0 Å². The molecule has 0 aliphatic heterocycles. The minimum atomic E-state index is -1.02. The number of hydrogen-bond donors (Lipinski definition) is 2. The number of aliphatic carboxylic acids is 2. The van der Waals surface area contributed by atoms with Crippen LogP contribution in [0.2, 0.25) is 0 Å². The first-order valence-corrected chi connectivity index (χ1v) is 3.41. The van der Waals surface area contributed by atoms with E-state index in [1.54, 1.807) is 6.08 Å². The first-order chi connectivity index (χ1) is 5.63. The average Bonchev–Trinajstić information content (AvgIpc) is 1.95. The van der Waals surface area contributed by atoms with Crippen molar-refractivity contribution in [1.29, 1.82) is 0 Å². The lowest BCUT2D eigenvalue weighted by molar-refractivity contribution is -0.137. The Morgan fingerprint density at radius 2 is 1.83 bits per heavy atom. The van der Waals surface area contributed by atoms with Crippen LogP contribution in [0.25, 0.3) is 0 Å². The molecule has 2 N–H and O–H groups in total. The van der Waals surface area contributed by atoms with E-state index in [1.165, 1.54) is 12.2 Å². The molecule has 0 rings (SSSR count). The Balaban J connectivity index is 3.50. The van der Waals surface area contributed by atoms with Crippen molar-refractivity contribution in [1.82, 2.24) is 0 Å². The second-order valence-corrected chi connectivity index (χ2v) is 2.06. The molecule has 0 bridgehead atoms. The minimum absolute atomic E-state index is 0.0669. The van der Waals surface area contributed by atoms with Gasteiger partial charge in [0.25, 0.3) is 0 Å². The fourth-order valence-corrected chi connectivity index (χ4v) is 0.519. The topological polar surface area (TPSA) is 74.6 Å². The van der Waals surface area contributed by atoms with E-state index >= 15 is 0 Å². The Kier molecular flexibility index (Phi) is 5.34. The van der Waals surface area contributed by atoms with E-state index in [9.17, 15) is 9.59 Å². The quantitative estimate of drug-likeness (QED) is 0.477. The normalized spacial score (nSPS) is 11.0. The molecule has 12 heavy (non-hydrogen) atoms. The highest BCUT2D eigenvalue weighted by molar-refractivity contribution is 5.80. The molecule has 0 saturated heterocycles. The van der Waals surface area contributed by atoms with Crippen molar-refractivity contribution in [2.24, 2.45) is 0 Å². The molecule has 0 heterocycles. The lowest BCUT2D eigenvalue weighted by atomic mass is 10.3. The molecule has 0 aromatic carbocycles. The summed E-state index contributed by atoms with van der Waals surface area (Å²) >= 11 is 0. The third-order valence-electron chi connectivity index (χ3n) is 1.01. The molecule has 0 amide bonds. The highest BCUT2D eigenvalue weighted by Gasteiger charge is 1.90. The average molecular weight is 170 g/mol. The number of carbonyl (C=O) groups is 2. The van der Waals surface area contributed by atoms with Gasteiger partial charge < -0.3 is 10.2 Å². The van der Waals surface area contributed by atoms with Gasteiger partial charge in [-0.3, -0.25) is 4.79 Å². The Morgan fingerprint density at radius 3 is 2.33 bits per heavy atom. The largest absolute Gasteiger partial charge is 0.481 e. The fraction of sp³-hybridized carbons (Fsp3) is 0.250. The number of carboxylic acids is 2. The smallest absolute Gasteiger partial charge is 0.328 e. The van der Waals surface area contributed by atoms with Crippen molar-refractivity contribution in [3.63, 3.8) is 0 Å². The number of carboxylic acid groups (broad SMARTS) is 2. The minimum Gasteiger partial charge on any atom is -0.481 e. The summed E-state index contributed by atoms with van der Waals surface area (Å²) in [5.41, 5.74) is 0. The molecule has 0 aromatic heterocycles. The van der Waals surface area contributed by atoms with Crippen LogP contribution in [-0.4, -0.2) is 22.2 Å². The number of allylic oxidation sites excluding steroid dienone is 3. The standard InChI is InChI=1S/C8H10O4/c9-7(10)5-3-1-2-4-6-8(11)12/h1-3,5H,4,6H2,(H,9,10)(H,11,12). The Hall–Kier alpha value is -1.58. The maximum atomic E-state index is 9.99. The summed E-state index contributed by atoms with van der Waals surface area (Å²) in [5.74, 6) is -1.88. The maximum Gasteiger partial charge on any atom is 0.328 e. The molecule has 0 atom stereocenters. The second-order valence-electron chi connectivity index (χ2n) is 2.06. The molecule has 4 nitrogen and oxygen atoms in total. The fourth-order valence-electron chi connectivity index (χ4n) is 0.519. The summed E-state index contributed by atoms with van der Waals surface area (Å²) in [7, 11) is 0. The van der Waals surface area contributed by atoms with E-state index in [0.717, 1.165) is 6.08 Å². The zero-order valence-electron chi connectivity index (χ0n) is 6.43. The molecule has 4 heteroatoms. The predicted octanol–water partition coefficient (Wildman–Crippen LogP) is 1.05. The van der Waals surface area contributed by atoms with E-state index in [1.807, 2.05) is 0 Å². The van der Waals surface area contributed by atoms with E-state index in [-0.39, 0.29) is 6.42 Å². The van der Waals surface area contributed by atoms with Gasteiger partial charge in [0.05, 0.1) is 0 Å². The summed E-state index contributed by atoms with van der Waals surface area (Å²) in [6.45, 7) is 0. The molecule has 0 aliphatic rings. The first kappa shape index (κ1) is 10.4. The summed E-state index contributed by atoms with van der Waals surface area (Å²) in [4.78, 5) is 19.9. The van der Waals surface area contributed by atoms with E-state index in [0.29, 0.717) is 6.42 Å². The van der Waals surface area contributed by atoms with Crippen LogP contribution in [0.5, 0.6) is 0 Å². The Bertz CT molecular complexity index is 215. The van der Waals surface area contributed by atoms with Crippen LogP contribution < -0.4 is 0 Å². The molecule has 0 aromatic rings. The van der Waals surface area contributed by atoms with Crippen LogP contribution in [0.1, 0.15) is 12.8 Å². The Morgan fingerprint density at radius 1 is 1.17 bits per heavy atom. The van der Waals surface area contributed by atoms with Crippen LogP contribution in [0.3, 0.4) is 0 Å². The van der Waals surface area contributed by atoms with Crippen molar-refractivity contribution >= 4 is 11.9 Å². The summed E-state index contributed by atoms with van der Waals surface area (Å²) in [6.07, 6.45) is 5.93. The van der Waals surface area contributed by atoms with Crippen molar-refractivity contribution < 1.29 is 19.8 Å². The van der Waals surface area contributed by atoms with Gasteiger partial charge in [-0.05, 0) is 6.42 Å². The number of hydrogen-bond acceptors (Lipinski definition) is 2. The van der Waals surface area contributed by atoms with Gasteiger partial charge in [-0.25, -0.2) is 4.79 Å². The second kappa shape index (κ2) is 6.15. The van der Waals surface area contributed by atoms with Crippen molar-refractivity contribution in [2.45, 2.75) is 12.8 Å². The number of rotatable bonds is 5. The summed E-state index contributed by atoms with van der Waals surface area (Å²) < 4.78 is 0. The zero-order chi connectivity index (χ0) is 9.40. The van der Waals surface area contributed by atoms with Crippen LogP contribution in [0.4, 0.5) is 0 Å². The van der Waals surface area contributed by atoms with Gasteiger partial charge in [-0.1, -0.05) is 18.2 Å². The van der Waals surface area contributed by atoms with Crippen molar-refractivity contribution in [3.05, 3.63) is 24.3 Å². The van der Waals surface area contributed by atoms with Crippen LogP contribution in [0.15, 0.2) is 24.3 Å². The monoisotopic (exact) mass is 170 g/mol. The molecule has 0 unspecified atom stereocenters. The van der Waals surface area contributed by atoms with Gasteiger partial charge in [0.15, 0.2) is 0 Å². The SMILES string of the molecule is O=C(O)C=CC=CCCC(=O)O. The van der Waals surface area contributed by atoms with E-state index < -0.39 is 11.9 Å². The lowest BCUT2D eigenvalue weighted by Gasteiger charge is -1.84. The van der Waals surface area contributed by atoms with Crippen LogP contribution in [-0.2, 0) is 9.59 Å². The molecule has 0 radical (unpaired) electrons. The lowest BCUT2D eigenvalue weighted by Crippen LogP contribution is -1.91. The molecular formula is C8H10O4. The van der Waals surface area contributed by atoms with Gasteiger partial charge in [-0.15, -0.1) is 0 Å². The molecule has 0 fully saturated rings. The summed E-state index contributed by atoms with van der Waals surface area (Å²) in [6, 6.07) is 0. The van der Waals surface area contributed by atoms with Crippen molar-refractivity contribution in [3.8, 4) is 0 Å². The van der Waals surface area contributed by atoms with Gasteiger partial charge in [0, 0.05) is 12.5 Å². The van der Waals surface area contributed by atoms with Crippen LogP contribution >= 0.6 is 0 Å². The molecule has 0 aliphatic carbocycles. The van der Waals surface area contributed by atoms with Gasteiger partial charge in [0.1, 0.15) is 0 Å². The molecule has 0 saturated carbocycles. The maximum absolute atomic E-state index is 9.99. The van der Waals surface area contributed by atoms with E-state index in [2.05, 4.69) is 0 Å². The molecule has 66 valence electrons. The Labute approximate surface area is 69.8 Å². The van der Waals surface area contributed by atoms with Gasteiger partial charge >= 0.3 is 11.9 Å². The van der Waals surface area contributed by atoms with Gasteiger partial charge in [0.2, 0.25) is 0 Å². The highest BCUT2D eigenvalue weighted by Crippen LogP contribution is 1.90. The highest BCUT2D eigenvalue weighted by atomic mass is 16.4. The van der Waals surface area contributed by atoms with Gasteiger partial charge in [-0.2, -0.15) is 0 Å². The molecular weight excluding hydrogens is 160 g/mol. The van der Waals surface area contributed by atoms with Crippen LogP contribution in [0, 0.1) is 0 Å². The predicted molar refractivity (Wildman–Crippen MR) is 42.8 cm³/mol. The summed E-state index contributed by atoms with van der Waals surface area (Å²) in [5, 5.41) is 16.4. The third kappa shape index (κ3) is 8.42. The molecule has 0 spiro atoms.